The van der Waals surface area contributed by atoms with Gasteiger partial charge >= 0.3 is 0 Å². The van der Waals surface area contributed by atoms with Crippen LogP contribution in [0.25, 0.3) is 21.5 Å². The summed E-state index contributed by atoms with van der Waals surface area (Å²) >= 11 is 0. The molecule has 0 radical (unpaired) electrons. The summed E-state index contributed by atoms with van der Waals surface area (Å²) < 4.78 is 0. The molecule has 1 heterocycles. The van der Waals surface area contributed by atoms with Gasteiger partial charge in [0.05, 0.1) is 0 Å². The van der Waals surface area contributed by atoms with Crippen molar-refractivity contribution in [2.24, 2.45) is 17.4 Å². The van der Waals surface area contributed by atoms with E-state index in [0.717, 1.165) is 38.2 Å². The quantitative estimate of drug-likeness (QED) is 0.0682. The third-order valence-corrected chi connectivity index (χ3v) is 11.5. The van der Waals surface area contributed by atoms with Gasteiger partial charge in [-0.3, -0.25) is 24.0 Å². The van der Waals surface area contributed by atoms with E-state index in [-0.39, 0.29) is 31.1 Å². The van der Waals surface area contributed by atoms with Crippen molar-refractivity contribution in [3.8, 4) is 0 Å². The van der Waals surface area contributed by atoms with Crippen LogP contribution < -0.4 is 32.7 Å². The van der Waals surface area contributed by atoms with E-state index >= 15 is 0 Å². The molecule has 0 aromatic heterocycles. The number of primary amides is 1. The summed E-state index contributed by atoms with van der Waals surface area (Å²) in [6, 6.07) is 32.8. The number of hydrogen-bond donors (Lipinski definition) is 6. The molecule has 1 aliphatic heterocycles. The van der Waals surface area contributed by atoms with Gasteiger partial charge in [0, 0.05) is 32.2 Å². The normalized spacial score (nSPS) is 15.0. The fourth-order valence-electron chi connectivity index (χ4n) is 7.95. The summed E-state index contributed by atoms with van der Waals surface area (Å²) in [6.07, 6.45) is 3.27. The van der Waals surface area contributed by atoms with E-state index < -0.39 is 47.8 Å². The van der Waals surface area contributed by atoms with Crippen LogP contribution in [0.5, 0.6) is 0 Å². The molecule has 1 aliphatic rings. The largest absolute Gasteiger partial charge is 0.368 e. The molecule has 8 N–H and O–H groups in total. The highest BCUT2D eigenvalue weighted by Gasteiger charge is 2.36. The van der Waals surface area contributed by atoms with Gasteiger partial charge in [0.15, 0.2) is 0 Å². The van der Waals surface area contributed by atoms with Crippen molar-refractivity contribution in [3.63, 3.8) is 0 Å². The first-order chi connectivity index (χ1) is 29.1. The van der Waals surface area contributed by atoms with Crippen molar-refractivity contribution >= 4 is 51.1 Å². The summed E-state index contributed by atoms with van der Waals surface area (Å²) in [5.74, 6) is -2.72. The van der Waals surface area contributed by atoms with E-state index in [1.54, 1.807) is 7.05 Å². The average Bonchev–Trinajstić information content (AvgIpc) is 3.27. The van der Waals surface area contributed by atoms with Gasteiger partial charge in [0.25, 0.3) is 0 Å². The predicted molar refractivity (Wildman–Crippen MR) is 235 cm³/mol. The predicted octanol–water partition coefficient (Wildman–Crippen LogP) is 3.92. The zero-order chi connectivity index (χ0) is 42.4. The van der Waals surface area contributed by atoms with Crippen molar-refractivity contribution in [2.45, 2.75) is 75.5 Å². The fourth-order valence-corrected chi connectivity index (χ4v) is 7.95. The second-order valence-electron chi connectivity index (χ2n) is 15.8. The van der Waals surface area contributed by atoms with E-state index in [2.05, 4.69) is 21.3 Å². The lowest BCUT2D eigenvalue weighted by atomic mass is 9.95. The van der Waals surface area contributed by atoms with Crippen LogP contribution in [0.4, 0.5) is 0 Å². The zero-order valence-electron chi connectivity index (χ0n) is 34.3. The molecule has 4 atom stereocenters. The van der Waals surface area contributed by atoms with Crippen LogP contribution in [-0.2, 0) is 43.2 Å². The van der Waals surface area contributed by atoms with Gasteiger partial charge in [-0.2, -0.15) is 0 Å². The molecular formula is C48H57N7O5. The Morgan fingerprint density at radius 2 is 1.18 bits per heavy atom. The van der Waals surface area contributed by atoms with Crippen LogP contribution in [0.1, 0.15) is 48.8 Å². The third-order valence-electron chi connectivity index (χ3n) is 11.5. The number of hydrogen-bond acceptors (Lipinski definition) is 7. The van der Waals surface area contributed by atoms with E-state index in [9.17, 15) is 24.0 Å². The molecule has 1 fully saturated rings. The van der Waals surface area contributed by atoms with Gasteiger partial charge in [-0.1, -0.05) is 115 Å². The maximum absolute atomic E-state index is 14.9. The summed E-state index contributed by atoms with van der Waals surface area (Å²) in [6.45, 7) is 1.85. The lowest BCUT2D eigenvalue weighted by molar-refractivity contribution is -0.143. The molecule has 314 valence electrons. The minimum absolute atomic E-state index is 0.115. The van der Waals surface area contributed by atoms with Crippen molar-refractivity contribution in [3.05, 3.63) is 132 Å². The van der Waals surface area contributed by atoms with Crippen molar-refractivity contribution < 1.29 is 24.0 Å². The average molecular weight is 812 g/mol. The number of amides is 5. The number of piperidine rings is 1. The molecule has 5 amide bonds. The van der Waals surface area contributed by atoms with Crippen LogP contribution in [0.15, 0.2) is 115 Å². The van der Waals surface area contributed by atoms with Crippen LogP contribution in [0.3, 0.4) is 0 Å². The number of unbranched alkanes of at least 4 members (excludes halogenated alkanes) is 1. The van der Waals surface area contributed by atoms with E-state index in [0.29, 0.717) is 51.7 Å². The van der Waals surface area contributed by atoms with Gasteiger partial charge in [-0.05, 0) is 90.0 Å². The first-order valence-electron chi connectivity index (χ1n) is 21.0. The molecule has 5 aromatic carbocycles. The molecule has 0 aliphatic carbocycles. The van der Waals surface area contributed by atoms with Gasteiger partial charge in [0.2, 0.25) is 29.5 Å². The SMILES string of the molecule is CN(C(=O)[C@@H](Cc1ccc2ccccc2c1)NC(=O)C1CCNCC1)[C@H](Cc1ccc2ccccc2c1)C(=O)N[C@@H](Cc1ccccc1)C(=O)N[C@@H](CCCCN)C(N)=O. The number of nitrogens with two attached hydrogens (primary N) is 2. The Hall–Kier alpha value is -6.11. The first-order valence-corrected chi connectivity index (χ1v) is 21.0. The molecule has 0 saturated carbocycles. The lowest BCUT2D eigenvalue weighted by Crippen LogP contribution is -2.59. The third kappa shape index (κ3) is 11.8. The van der Waals surface area contributed by atoms with E-state index in [4.69, 9.17) is 11.5 Å². The maximum Gasteiger partial charge on any atom is 0.245 e. The summed E-state index contributed by atoms with van der Waals surface area (Å²) in [7, 11) is 1.57. The van der Waals surface area contributed by atoms with Gasteiger partial charge in [-0.25, -0.2) is 0 Å². The Morgan fingerprint density at radius 3 is 1.78 bits per heavy atom. The maximum atomic E-state index is 14.9. The molecule has 5 aromatic rings. The fraction of sp³-hybridized carbons (Fsp3) is 0.354. The van der Waals surface area contributed by atoms with Crippen molar-refractivity contribution in [1.82, 2.24) is 26.2 Å². The molecule has 0 unspecified atom stereocenters. The van der Waals surface area contributed by atoms with Crippen LogP contribution in [-0.4, -0.2) is 85.3 Å². The van der Waals surface area contributed by atoms with Gasteiger partial charge in [0.1, 0.15) is 24.2 Å². The van der Waals surface area contributed by atoms with Crippen LogP contribution in [0, 0.1) is 5.92 Å². The molecular weight excluding hydrogens is 755 g/mol. The van der Waals surface area contributed by atoms with E-state index in [1.807, 2.05) is 115 Å². The Balaban J connectivity index is 1.32. The first kappa shape index (κ1) is 43.5. The summed E-state index contributed by atoms with van der Waals surface area (Å²) in [4.78, 5) is 71.4. The number of fused-ring (bicyclic) bond motifs is 2. The Labute approximate surface area is 351 Å². The monoisotopic (exact) mass is 811 g/mol. The molecule has 12 nitrogen and oxygen atoms in total. The summed E-state index contributed by atoms with van der Waals surface area (Å²) in [5.41, 5.74) is 13.8. The topological polar surface area (TPSA) is 189 Å². The van der Waals surface area contributed by atoms with Crippen LogP contribution in [0.2, 0.25) is 0 Å². The number of nitrogens with one attached hydrogen (secondary N) is 4. The standard InChI is InChI=1S/C48H57N7O5/c1-55(48(60)42(54-45(57)37-22-25-51-26-23-37)30-33-18-20-35-13-5-7-15-38(35)27-33)43(31-34-19-21-36-14-6-8-16-39(36)28-34)47(59)53-41(29-32-11-3-2-4-12-32)46(58)52-40(44(50)56)17-9-10-24-49/h2-8,11-16,18-21,27-28,37,40-43,51H,9-10,17,22-26,29-31,49H2,1H3,(H2,50,56)(H,52,58)(H,53,59)(H,54,57)/t40-,41-,42+,43+/m0/s1. The van der Waals surface area contributed by atoms with Crippen molar-refractivity contribution in [2.75, 3.05) is 26.7 Å². The molecule has 0 spiro atoms. The Bertz CT molecular complexity index is 2260. The number of likely N-dealkylation sites (N-methyl/N-ethyl adjacent to an activating group) is 1. The smallest absolute Gasteiger partial charge is 0.245 e. The highest BCUT2D eigenvalue weighted by atomic mass is 16.2. The Morgan fingerprint density at radius 1 is 0.633 bits per heavy atom. The molecule has 6 rings (SSSR count). The number of carbonyl (C=O) groups is 5. The summed E-state index contributed by atoms with van der Waals surface area (Å²) in [5, 5.41) is 16.2. The highest BCUT2D eigenvalue weighted by molar-refractivity contribution is 5.96. The van der Waals surface area contributed by atoms with Crippen molar-refractivity contribution in [1.29, 1.82) is 0 Å². The number of benzene rings is 5. The second kappa shape index (κ2) is 21.2. The second-order valence-corrected chi connectivity index (χ2v) is 15.8. The van der Waals surface area contributed by atoms with Gasteiger partial charge in [-0.15, -0.1) is 0 Å². The number of rotatable bonds is 19. The number of carbonyl (C=O) groups excluding carboxylic acids is 5. The van der Waals surface area contributed by atoms with Gasteiger partial charge < -0.3 is 37.6 Å². The molecule has 12 heteroatoms. The van der Waals surface area contributed by atoms with Crippen LogP contribution >= 0.6 is 0 Å². The molecule has 60 heavy (non-hydrogen) atoms. The molecule has 0 bridgehead atoms. The molecule has 1 saturated heterocycles. The lowest BCUT2D eigenvalue weighted by Gasteiger charge is -2.33. The number of nitrogens with zero attached hydrogens (tertiary/aromatic N) is 1. The Kier molecular flexibility index (Phi) is 15.4. The minimum atomic E-state index is -1.12. The minimum Gasteiger partial charge on any atom is -0.368 e. The zero-order valence-corrected chi connectivity index (χ0v) is 34.3. The van der Waals surface area contributed by atoms with E-state index in [1.165, 1.54) is 4.90 Å². The highest BCUT2D eigenvalue weighted by Crippen LogP contribution is 2.22.